The average Bonchev–Trinajstić information content (AvgIpc) is 2.93. The number of para-hydroxylation sites is 2. The van der Waals surface area contributed by atoms with E-state index >= 15 is 0 Å². The summed E-state index contributed by atoms with van der Waals surface area (Å²) in [6, 6.07) is 25.4. The van der Waals surface area contributed by atoms with Gasteiger partial charge >= 0.3 is 11.8 Å². The molecular weight excluding hydrogens is 544 g/mol. The second kappa shape index (κ2) is 10.2. The van der Waals surface area contributed by atoms with Gasteiger partial charge in [0.1, 0.15) is 0 Å². The van der Waals surface area contributed by atoms with Crippen molar-refractivity contribution < 1.29 is 9.21 Å². The number of halogens is 1. The maximum absolute atomic E-state index is 13.4. The molecule has 0 fully saturated rings. The SMILES string of the molecule is O=C(/N=c1/c2c(-c3ccccc3Br)c3c(nc2oc(=O)n1-c1ccccc1)CCCC3)Nc1ccccc1. The van der Waals surface area contributed by atoms with E-state index in [0.717, 1.165) is 52.5 Å². The van der Waals surface area contributed by atoms with Crippen molar-refractivity contribution in [1.82, 2.24) is 9.55 Å². The summed E-state index contributed by atoms with van der Waals surface area (Å²) in [6.07, 6.45) is 3.66. The largest absolute Gasteiger partial charge is 0.427 e. The Morgan fingerprint density at radius 1 is 0.921 bits per heavy atom. The number of aromatic nitrogens is 2. The van der Waals surface area contributed by atoms with Gasteiger partial charge in [-0.3, -0.25) is 0 Å². The molecule has 0 spiro atoms. The van der Waals surface area contributed by atoms with Gasteiger partial charge in [-0.25, -0.2) is 19.1 Å². The Bertz CT molecular complexity index is 1790. The summed E-state index contributed by atoms with van der Waals surface area (Å²) in [6.45, 7) is 0. The summed E-state index contributed by atoms with van der Waals surface area (Å²) in [4.78, 5) is 36.0. The summed E-state index contributed by atoms with van der Waals surface area (Å²) in [5.74, 6) is -0.670. The van der Waals surface area contributed by atoms with E-state index in [2.05, 4.69) is 26.2 Å². The molecule has 2 amide bonds. The maximum atomic E-state index is 13.4. The number of benzene rings is 3. The predicted molar refractivity (Wildman–Crippen MR) is 150 cm³/mol. The molecule has 2 heterocycles. The van der Waals surface area contributed by atoms with E-state index in [1.165, 1.54) is 4.57 Å². The number of anilines is 1. The Morgan fingerprint density at radius 3 is 2.37 bits per heavy atom. The molecule has 0 saturated heterocycles. The summed E-state index contributed by atoms with van der Waals surface area (Å²) < 4.78 is 8.07. The lowest BCUT2D eigenvalue weighted by Crippen LogP contribution is -2.34. The number of rotatable bonds is 3. The Kier molecular flexibility index (Phi) is 6.47. The molecule has 1 N–H and O–H groups in total. The van der Waals surface area contributed by atoms with Crippen LogP contribution in [0.5, 0.6) is 0 Å². The molecular formula is C30H23BrN4O3. The first-order valence-corrected chi connectivity index (χ1v) is 13.2. The molecule has 1 aliphatic rings. The Hall–Kier alpha value is -4.30. The van der Waals surface area contributed by atoms with Crippen molar-refractivity contribution >= 4 is 38.7 Å². The number of aryl methyl sites for hydroxylation is 1. The lowest BCUT2D eigenvalue weighted by molar-refractivity contribution is 0.258. The number of pyridine rings is 1. The van der Waals surface area contributed by atoms with Crippen LogP contribution in [0.25, 0.3) is 27.9 Å². The van der Waals surface area contributed by atoms with Gasteiger partial charge in [-0.05, 0) is 67.1 Å². The molecule has 2 aromatic heterocycles. The average molecular weight is 567 g/mol. The van der Waals surface area contributed by atoms with Crippen molar-refractivity contribution in [2.24, 2.45) is 4.99 Å². The highest BCUT2D eigenvalue weighted by Crippen LogP contribution is 2.38. The van der Waals surface area contributed by atoms with E-state index in [1.807, 2.05) is 60.7 Å². The zero-order chi connectivity index (χ0) is 26.1. The number of carbonyl (C=O) groups is 1. The summed E-state index contributed by atoms with van der Waals surface area (Å²) in [5, 5.41) is 3.32. The number of nitrogens with one attached hydrogen (secondary N) is 1. The second-order valence-corrected chi connectivity index (χ2v) is 9.90. The fraction of sp³-hybridized carbons (Fsp3) is 0.133. The number of amides is 2. The third-order valence-corrected chi connectivity index (χ3v) is 7.32. The van der Waals surface area contributed by atoms with E-state index in [0.29, 0.717) is 16.8 Å². The highest BCUT2D eigenvalue weighted by atomic mass is 79.9. The van der Waals surface area contributed by atoms with E-state index in [9.17, 15) is 9.59 Å². The van der Waals surface area contributed by atoms with Crippen LogP contribution in [-0.4, -0.2) is 15.6 Å². The minimum Gasteiger partial charge on any atom is -0.390 e. The van der Waals surface area contributed by atoms with Crippen LogP contribution in [0.2, 0.25) is 0 Å². The number of carbonyl (C=O) groups excluding carboxylic acids is 1. The molecule has 3 aromatic carbocycles. The van der Waals surface area contributed by atoms with Crippen LogP contribution in [0.1, 0.15) is 24.1 Å². The first-order valence-electron chi connectivity index (χ1n) is 12.4. The van der Waals surface area contributed by atoms with Gasteiger partial charge in [-0.1, -0.05) is 70.5 Å². The highest BCUT2D eigenvalue weighted by molar-refractivity contribution is 9.10. The van der Waals surface area contributed by atoms with Crippen LogP contribution in [0, 0.1) is 0 Å². The predicted octanol–water partition coefficient (Wildman–Crippen LogP) is 6.42. The van der Waals surface area contributed by atoms with Crippen molar-refractivity contribution in [3.63, 3.8) is 0 Å². The molecule has 7 nitrogen and oxygen atoms in total. The molecule has 1 aliphatic carbocycles. The lowest BCUT2D eigenvalue weighted by Gasteiger charge is -2.21. The van der Waals surface area contributed by atoms with E-state index in [-0.39, 0.29) is 11.2 Å². The smallest absolute Gasteiger partial charge is 0.390 e. The van der Waals surface area contributed by atoms with Crippen molar-refractivity contribution in [2.75, 3.05) is 5.32 Å². The van der Waals surface area contributed by atoms with Crippen molar-refractivity contribution in [3.05, 3.63) is 117 Å². The molecule has 0 bridgehead atoms. The number of hydrogen-bond donors (Lipinski definition) is 1. The minimum atomic E-state index is -0.670. The molecule has 0 atom stereocenters. The van der Waals surface area contributed by atoms with Gasteiger partial charge in [-0.2, -0.15) is 4.99 Å². The van der Waals surface area contributed by atoms with E-state index < -0.39 is 11.8 Å². The van der Waals surface area contributed by atoms with Crippen LogP contribution in [0.3, 0.4) is 0 Å². The molecule has 38 heavy (non-hydrogen) atoms. The zero-order valence-corrected chi connectivity index (χ0v) is 21.9. The first-order chi connectivity index (χ1) is 18.6. The van der Waals surface area contributed by atoms with Crippen molar-refractivity contribution in [3.8, 4) is 16.8 Å². The van der Waals surface area contributed by atoms with Gasteiger partial charge < -0.3 is 9.73 Å². The summed E-state index contributed by atoms with van der Waals surface area (Å²) >= 11 is 3.71. The van der Waals surface area contributed by atoms with Gasteiger partial charge in [-0.15, -0.1) is 0 Å². The number of hydrogen-bond acceptors (Lipinski definition) is 4. The zero-order valence-electron chi connectivity index (χ0n) is 20.4. The third kappa shape index (κ3) is 4.48. The van der Waals surface area contributed by atoms with Gasteiger partial charge in [0.15, 0.2) is 5.49 Å². The quantitative estimate of drug-likeness (QED) is 0.273. The fourth-order valence-corrected chi connectivity index (χ4v) is 5.45. The van der Waals surface area contributed by atoms with Crippen LogP contribution in [0.15, 0.2) is 104 Å². The van der Waals surface area contributed by atoms with Gasteiger partial charge in [0.2, 0.25) is 5.71 Å². The Labute approximate surface area is 226 Å². The lowest BCUT2D eigenvalue weighted by atomic mass is 9.87. The topological polar surface area (TPSA) is 89.5 Å². The molecule has 188 valence electrons. The second-order valence-electron chi connectivity index (χ2n) is 9.05. The van der Waals surface area contributed by atoms with Crippen LogP contribution in [0.4, 0.5) is 10.5 Å². The normalized spacial score (nSPS) is 13.3. The molecule has 0 radical (unpaired) electrons. The summed E-state index contributed by atoms with van der Waals surface area (Å²) in [5.41, 5.74) is 5.26. The maximum Gasteiger partial charge on any atom is 0.427 e. The van der Waals surface area contributed by atoms with Crippen molar-refractivity contribution in [1.29, 1.82) is 0 Å². The molecule has 8 heteroatoms. The molecule has 5 aromatic rings. The van der Waals surface area contributed by atoms with Crippen LogP contribution < -0.4 is 16.6 Å². The van der Waals surface area contributed by atoms with E-state index in [1.54, 1.807) is 24.3 Å². The third-order valence-electron chi connectivity index (χ3n) is 6.63. The number of fused-ring (bicyclic) bond motifs is 2. The van der Waals surface area contributed by atoms with Crippen LogP contribution >= 0.6 is 15.9 Å². The van der Waals surface area contributed by atoms with Gasteiger partial charge in [0.25, 0.3) is 0 Å². The first kappa shape index (κ1) is 24.1. The monoisotopic (exact) mass is 566 g/mol. The van der Waals surface area contributed by atoms with Gasteiger partial charge in [0.05, 0.1) is 11.1 Å². The number of nitrogens with zero attached hydrogens (tertiary/aromatic N) is 3. The van der Waals surface area contributed by atoms with E-state index in [4.69, 9.17) is 9.40 Å². The molecule has 0 unspecified atom stereocenters. The molecule has 0 saturated carbocycles. The number of urea groups is 1. The Balaban J connectivity index is 1.75. The highest BCUT2D eigenvalue weighted by Gasteiger charge is 2.25. The van der Waals surface area contributed by atoms with Crippen LogP contribution in [-0.2, 0) is 12.8 Å². The standard InChI is InChI=1S/C30H23BrN4O3/c31-23-17-9-7-15-21(23)25-22-16-8-10-18-24(22)33-28-26(25)27(34-29(36)32-19-11-3-1-4-12-19)35(30(37)38-28)20-13-5-2-6-14-20/h1-7,9,11-15,17H,8,10,16,18H2,(H,32,36)/b34-27-. The minimum absolute atomic E-state index is 0.167. The molecule has 0 aliphatic heterocycles. The van der Waals surface area contributed by atoms with Crippen molar-refractivity contribution in [2.45, 2.75) is 25.7 Å². The van der Waals surface area contributed by atoms with Gasteiger partial charge in [0, 0.05) is 21.4 Å². The Morgan fingerprint density at radius 2 is 1.61 bits per heavy atom. The summed E-state index contributed by atoms with van der Waals surface area (Å²) in [7, 11) is 0. The fourth-order valence-electron chi connectivity index (χ4n) is 4.97. The molecule has 6 rings (SSSR count).